The second-order valence-electron chi connectivity index (χ2n) is 1.75. The molecule has 2 heteroatoms. The third-order valence-electron chi connectivity index (χ3n) is 1.07. The standard InChI is InChI=1S/C7H9NO/c1-6-5-7(9-2)3-4-8-6/h3-5,8H,1H2,2H3. The van der Waals surface area contributed by atoms with Gasteiger partial charge in [0.1, 0.15) is 5.76 Å². The maximum absolute atomic E-state index is 4.94. The van der Waals surface area contributed by atoms with Gasteiger partial charge in [-0.15, -0.1) is 0 Å². The number of nitrogens with one attached hydrogen (secondary N) is 1. The average Bonchev–Trinajstić information content (AvgIpc) is 1.88. The molecule has 0 aromatic heterocycles. The molecule has 0 radical (unpaired) electrons. The molecule has 2 nitrogen and oxygen atoms in total. The molecule has 0 saturated heterocycles. The Kier molecular flexibility index (Phi) is 1.58. The minimum absolute atomic E-state index is 0.832. The fourth-order valence-corrected chi connectivity index (χ4v) is 0.619. The summed E-state index contributed by atoms with van der Waals surface area (Å²) in [6, 6.07) is 0. The van der Waals surface area contributed by atoms with Crippen molar-refractivity contribution in [2.75, 3.05) is 7.11 Å². The predicted molar refractivity (Wildman–Crippen MR) is 36.5 cm³/mol. The van der Waals surface area contributed by atoms with E-state index in [1.54, 1.807) is 13.3 Å². The van der Waals surface area contributed by atoms with Crippen LogP contribution in [-0.4, -0.2) is 7.11 Å². The van der Waals surface area contributed by atoms with Crippen molar-refractivity contribution in [2.45, 2.75) is 0 Å². The monoisotopic (exact) mass is 123 g/mol. The lowest BCUT2D eigenvalue weighted by Crippen LogP contribution is -2.05. The van der Waals surface area contributed by atoms with E-state index in [1.807, 2.05) is 12.2 Å². The molecule has 0 amide bonds. The highest BCUT2D eigenvalue weighted by Gasteiger charge is 1.95. The van der Waals surface area contributed by atoms with Gasteiger partial charge in [0.2, 0.25) is 0 Å². The molecule has 0 fully saturated rings. The van der Waals surface area contributed by atoms with Gasteiger partial charge in [0.25, 0.3) is 0 Å². The van der Waals surface area contributed by atoms with Crippen LogP contribution in [0.25, 0.3) is 0 Å². The Morgan fingerprint density at radius 1 is 1.67 bits per heavy atom. The molecule has 0 aliphatic carbocycles. The van der Waals surface area contributed by atoms with Crippen molar-refractivity contribution in [3.05, 3.63) is 36.4 Å². The molecule has 48 valence electrons. The second-order valence-corrected chi connectivity index (χ2v) is 1.75. The molecule has 1 N–H and O–H groups in total. The smallest absolute Gasteiger partial charge is 0.122 e. The summed E-state index contributed by atoms with van der Waals surface area (Å²) in [5, 5.41) is 2.91. The molecule has 1 aliphatic rings. The van der Waals surface area contributed by atoms with Crippen molar-refractivity contribution in [3.8, 4) is 0 Å². The fourth-order valence-electron chi connectivity index (χ4n) is 0.619. The molecule has 0 spiro atoms. The van der Waals surface area contributed by atoms with Crippen LogP contribution >= 0.6 is 0 Å². The van der Waals surface area contributed by atoms with Crippen molar-refractivity contribution in [2.24, 2.45) is 0 Å². The van der Waals surface area contributed by atoms with Crippen LogP contribution in [0, 0.1) is 0 Å². The van der Waals surface area contributed by atoms with Crippen molar-refractivity contribution in [1.82, 2.24) is 5.32 Å². The van der Waals surface area contributed by atoms with Gasteiger partial charge in [-0.2, -0.15) is 0 Å². The molecular weight excluding hydrogens is 114 g/mol. The Morgan fingerprint density at radius 3 is 2.89 bits per heavy atom. The van der Waals surface area contributed by atoms with E-state index in [0.717, 1.165) is 11.5 Å². The molecule has 0 unspecified atom stereocenters. The number of dihydropyridines is 1. The van der Waals surface area contributed by atoms with Crippen LogP contribution < -0.4 is 5.32 Å². The number of hydrogen-bond acceptors (Lipinski definition) is 2. The molecule has 0 saturated carbocycles. The van der Waals surface area contributed by atoms with E-state index in [-0.39, 0.29) is 0 Å². The Balaban J connectivity index is 2.70. The zero-order valence-corrected chi connectivity index (χ0v) is 5.35. The van der Waals surface area contributed by atoms with Gasteiger partial charge in [0.15, 0.2) is 0 Å². The minimum Gasteiger partial charge on any atom is -0.497 e. The summed E-state index contributed by atoms with van der Waals surface area (Å²) in [5.74, 6) is 0.832. The third-order valence-corrected chi connectivity index (χ3v) is 1.07. The van der Waals surface area contributed by atoms with E-state index >= 15 is 0 Å². The van der Waals surface area contributed by atoms with Crippen LogP contribution in [0.5, 0.6) is 0 Å². The number of hydrogen-bond donors (Lipinski definition) is 1. The first kappa shape index (κ1) is 5.95. The summed E-state index contributed by atoms with van der Waals surface area (Å²) >= 11 is 0. The largest absolute Gasteiger partial charge is 0.497 e. The lowest BCUT2D eigenvalue weighted by atomic mass is 10.3. The highest BCUT2D eigenvalue weighted by Crippen LogP contribution is 2.05. The van der Waals surface area contributed by atoms with Crippen molar-refractivity contribution in [3.63, 3.8) is 0 Å². The molecule has 0 bridgehead atoms. The van der Waals surface area contributed by atoms with Gasteiger partial charge in [-0.1, -0.05) is 6.58 Å². The van der Waals surface area contributed by atoms with Gasteiger partial charge in [0, 0.05) is 18.0 Å². The Hall–Kier alpha value is -1.18. The molecule has 0 aromatic carbocycles. The summed E-state index contributed by atoms with van der Waals surface area (Å²) in [6.07, 6.45) is 5.47. The van der Waals surface area contributed by atoms with Gasteiger partial charge < -0.3 is 10.1 Å². The first-order chi connectivity index (χ1) is 4.33. The quantitative estimate of drug-likeness (QED) is 0.564. The Labute approximate surface area is 54.5 Å². The van der Waals surface area contributed by atoms with E-state index in [0.29, 0.717) is 0 Å². The Bertz CT molecular complexity index is 179. The average molecular weight is 123 g/mol. The van der Waals surface area contributed by atoms with Crippen molar-refractivity contribution in [1.29, 1.82) is 0 Å². The summed E-state index contributed by atoms with van der Waals surface area (Å²) in [5.41, 5.74) is 0.856. The van der Waals surface area contributed by atoms with E-state index in [2.05, 4.69) is 11.9 Å². The molecular formula is C7H9NO. The SMILES string of the molecule is C=C1C=C(OC)C=CN1. The summed E-state index contributed by atoms with van der Waals surface area (Å²) in [7, 11) is 1.63. The van der Waals surface area contributed by atoms with Gasteiger partial charge in [0.05, 0.1) is 7.11 Å². The first-order valence-corrected chi connectivity index (χ1v) is 2.70. The van der Waals surface area contributed by atoms with Crippen molar-refractivity contribution < 1.29 is 4.74 Å². The topological polar surface area (TPSA) is 21.3 Å². The second kappa shape index (κ2) is 2.40. The number of ether oxygens (including phenoxy) is 1. The third kappa shape index (κ3) is 1.35. The van der Waals surface area contributed by atoms with Crippen molar-refractivity contribution >= 4 is 0 Å². The van der Waals surface area contributed by atoms with Crippen LogP contribution in [0.2, 0.25) is 0 Å². The van der Waals surface area contributed by atoms with Crippen LogP contribution in [0.1, 0.15) is 0 Å². The van der Waals surface area contributed by atoms with E-state index in [1.165, 1.54) is 0 Å². The summed E-state index contributed by atoms with van der Waals surface area (Å²) < 4.78 is 4.94. The number of rotatable bonds is 1. The van der Waals surface area contributed by atoms with Gasteiger partial charge >= 0.3 is 0 Å². The summed E-state index contributed by atoms with van der Waals surface area (Å²) in [4.78, 5) is 0. The first-order valence-electron chi connectivity index (χ1n) is 2.70. The number of methoxy groups -OCH3 is 1. The molecule has 1 heterocycles. The minimum atomic E-state index is 0.832. The van der Waals surface area contributed by atoms with Crippen LogP contribution in [0.3, 0.4) is 0 Å². The lowest BCUT2D eigenvalue weighted by molar-refractivity contribution is 0.305. The van der Waals surface area contributed by atoms with Gasteiger partial charge in [-0.3, -0.25) is 0 Å². The maximum atomic E-state index is 4.94. The summed E-state index contributed by atoms with van der Waals surface area (Å²) in [6.45, 7) is 3.69. The normalized spacial score (nSPS) is 16.6. The number of allylic oxidation sites excluding steroid dienone is 2. The van der Waals surface area contributed by atoms with Crippen LogP contribution in [0.15, 0.2) is 36.4 Å². The van der Waals surface area contributed by atoms with Crippen LogP contribution in [-0.2, 0) is 4.74 Å². The van der Waals surface area contributed by atoms with E-state index in [4.69, 9.17) is 4.74 Å². The molecule has 9 heavy (non-hydrogen) atoms. The predicted octanol–water partition coefficient (Wildman–Crippen LogP) is 1.15. The fraction of sp³-hybridized carbons (Fsp3) is 0.143. The molecule has 1 aliphatic heterocycles. The van der Waals surface area contributed by atoms with Gasteiger partial charge in [-0.05, 0) is 6.08 Å². The van der Waals surface area contributed by atoms with E-state index < -0.39 is 0 Å². The molecule has 0 aromatic rings. The lowest BCUT2D eigenvalue weighted by Gasteiger charge is -2.07. The van der Waals surface area contributed by atoms with E-state index in [9.17, 15) is 0 Å². The van der Waals surface area contributed by atoms with Gasteiger partial charge in [-0.25, -0.2) is 0 Å². The molecule has 1 rings (SSSR count). The maximum Gasteiger partial charge on any atom is 0.122 e. The Morgan fingerprint density at radius 2 is 2.44 bits per heavy atom. The zero-order valence-electron chi connectivity index (χ0n) is 5.35. The van der Waals surface area contributed by atoms with Crippen LogP contribution in [0.4, 0.5) is 0 Å². The highest BCUT2D eigenvalue weighted by atomic mass is 16.5. The zero-order chi connectivity index (χ0) is 6.69. The highest BCUT2D eigenvalue weighted by molar-refractivity contribution is 5.28. The molecule has 0 atom stereocenters.